The van der Waals surface area contributed by atoms with Crippen LogP contribution in [-0.4, -0.2) is 21.9 Å². The van der Waals surface area contributed by atoms with E-state index >= 15 is 0 Å². The third-order valence-electron chi connectivity index (χ3n) is 4.81. The Balaban J connectivity index is 1.74. The van der Waals surface area contributed by atoms with Gasteiger partial charge in [0, 0.05) is 47.6 Å². The van der Waals surface area contributed by atoms with E-state index in [0.717, 1.165) is 34.9 Å². The highest BCUT2D eigenvalue weighted by Crippen LogP contribution is 2.35. The highest BCUT2D eigenvalue weighted by molar-refractivity contribution is 5.86. The largest absolute Gasteiger partial charge is 0.361 e. The highest BCUT2D eigenvalue weighted by Gasteiger charge is 2.27. The Labute approximate surface area is 150 Å². The molecule has 1 aromatic heterocycles. The molecule has 3 aromatic rings. The number of nitro groups is 1. The van der Waals surface area contributed by atoms with Crippen LogP contribution in [0.3, 0.4) is 0 Å². The first kappa shape index (κ1) is 16.3. The van der Waals surface area contributed by atoms with Gasteiger partial charge in [0.05, 0.1) is 4.92 Å². The van der Waals surface area contributed by atoms with Crippen LogP contribution in [0.4, 0.5) is 5.69 Å². The molecule has 132 valence electrons. The van der Waals surface area contributed by atoms with E-state index in [9.17, 15) is 14.9 Å². The van der Waals surface area contributed by atoms with Crippen molar-refractivity contribution in [1.29, 1.82) is 0 Å². The number of para-hydroxylation sites is 1. The van der Waals surface area contributed by atoms with Gasteiger partial charge in [0.15, 0.2) is 0 Å². The number of nitrogens with zero attached hydrogens (tertiary/aromatic N) is 1. The van der Waals surface area contributed by atoms with E-state index in [1.807, 2.05) is 36.5 Å². The average Bonchev–Trinajstić information content (AvgIpc) is 3.35. The molecule has 1 fully saturated rings. The van der Waals surface area contributed by atoms with Crippen molar-refractivity contribution in [3.63, 3.8) is 0 Å². The number of carbonyl (C=O) groups excluding carboxylic acids is 1. The van der Waals surface area contributed by atoms with Crippen LogP contribution in [0.1, 0.15) is 36.3 Å². The molecule has 2 aromatic carbocycles. The summed E-state index contributed by atoms with van der Waals surface area (Å²) in [4.78, 5) is 26.5. The van der Waals surface area contributed by atoms with Gasteiger partial charge < -0.3 is 10.3 Å². The molecule has 0 spiro atoms. The molecule has 1 amide bonds. The zero-order valence-electron chi connectivity index (χ0n) is 14.1. The summed E-state index contributed by atoms with van der Waals surface area (Å²) in [6, 6.07) is 14.7. The Morgan fingerprint density at radius 2 is 2.04 bits per heavy atom. The summed E-state index contributed by atoms with van der Waals surface area (Å²) in [5.74, 6) is -0.265. The Hall–Kier alpha value is -3.15. The predicted molar refractivity (Wildman–Crippen MR) is 99.0 cm³/mol. The standard InChI is InChI=1S/C20H19N3O3/c24-20(22-14-8-9-14)11-17(13-4-3-5-15(10-13)23(25)26)18-12-21-19-7-2-1-6-16(18)19/h1-7,10,12,14,17,21H,8-9,11H2,(H,22,24). The molecule has 26 heavy (non-hydrogen) atoms. The molecule has 1 aliphatic rings. The smallest absolute Gasteiger partial charge is 0.269 e. The second-order valence-electron chi connectivity index (χ2n) is 6.74. The van der Waals surface area contributed by atoms with Crippen LogP contribution in [0.15, 0.2) is 54.7 Å². The van der Waals surface area contributed by atoms with E-state index < -0.39 is 4.92 Å². The third-order valence-corrected chi connectivity index (χ3v) is 4.81. The van der Waals surface area contributed by atoms with Crippen molar-refractivity contribution in [2.45, 2.75) is 31.2 Å². The molecule has 2 N–H and O–H groups in total. The number of hydrogen-bond acceptors (Lipinski definition) is 3. The fourth-order valence-electron chi connectivity index (χ4n) is 3.34. The van der Waals surface area contributed by atoms with Gasteiger partial charge in [-0.2, -0.15) is 0 Å². The summed E-state index contributed by atoms with van der Waals surface area (Å²) < 4.78 is 0. The first-order valence-corrected chi connectivity index (χ1v) is 8.71. The van der Waals surface area contributed by atoms with E-state index in [1.165, 1.54) is 6.07 Å². The number of carbonyl (C=O) groups is 1. The fraction of sp³-hybridized carbons (Fsp3) is 0.250. The van der Waals surface area contributed by atoms with Gasteiger partial charge in [0.25, 0.3) is 5.69 Å². The highest BCUT2D eigenvalue weighted by atomic mass is 16.6. The number of fused-ring (bicyclic) bond motifs is 1. The average molecular weight is 349 g/mol. The number of aromatic nitrogens is 1. The number of nitro benzene ring substituents is 1. The molecule has 1 aliphatic carbocycles. The van der Waals surface area contributed by atoms with Crippen molar-refractivity contribution in [2.24, 2.45) is 0 Å². The van der Waals surface area contributed by atoms with Gasteiger partial charge in [-0.15, -0.1) is 0 Å². The molecule has 0 bridgehead atoms. The van der Waals surface area contributed by atoms with Crippen LogP contribution in [0.25, 0.3) is 10.9 Å². The molecule has 1 saturated carbocycles. The molecule has 4 rings (SSSR count). The molecule has 0 aliphatic heterocycles. The number of aromatic amines is 1. The van der Waals surface area contributed by atoms with E-state index in [-0.39, 0.29) is 30.0 Å². The van der Waals surface area contributed by atoms with Gasteiger partial charge in [-0.3, -0.25) is 14.9 Å². The predicted octanol–water partition coefficient (Wildman–Crippen LogP) is 3.88. The van der Waals surface area contributed by atoms with Crippen molar-refractivity contribution in [1.82, 2.24) is 10.3 Å². The summed E-state index contributed by atoms with van der Waals surface area (Å²) in [5, 5.41) is 15.2. The van der Waals surface area contributed by atoms with Gasteiger partial charge in [0.2, 0.25) is 5.91 Å². The van der Waals surface area contributed by atoms with Crippen molar-refractivity contribution < 1.29 is 9.72 Å². The van der Waals surface area contributed by atoms with Crippen LogP contribution in [0.5, 0.6) is 0 Å². The van der Waals surface area contributed by atoms with Gasteiger partial charge in [-0.25, -0.2) is 0 Å². The van der Waals surface area contributed by atoms with Crippen LogP contribution in [0, 0.1) is 10.1 Å². The first-order valence-electron chi connectivity index (χ1n) is 8.71. The first-order chi connectivity index (χ1) is 12.6. The minimum absolute atomic E-state index is 0.0192. The van der Waals surface area contributed by atoms with Crippen molar-refractivity contribution in [3.05, 3.63) is 76.0 Å². The van der Waals surface area contributed by atoms with Crippen molar-refractivity contribution in [3.8, 4) is 0 Å². The van der Waals surface area contributed by atoms with Crippen LogP contribution in [-0.2, 0) is 4.79 Å². The topological polar surface area (TPSA) is 88.0 Å². The molecule has 1 atom stereocenters. The Bertz CT molecular complexity index is 975. The number of amides is 1. The summed E-state index contributed by atoms with van der Waals surface area (Å²) >= 11 is 0. The van der Waals surface area contributed by atoms with Gasteiger partial charge in [-0.1, -0.05) is 30.3 Å². The molecule has 1 heterocycles. The number of non-ortho nitro benzene ring substituents is 1. The number of H-pyrrole nitrogens is 1. The van der Waals surface area contributed by atoms with E-state index in [4.69, 9.17) is 0 Å². The lowest BCUT2D eigenvalue weighted by molar-refractivity contribution is -0.384. The maximum absolute atomic E-state index is 12.5. The maximum Gasteiger partial charge on any atom is 0.269 e. The van der Waals surface area contributed by atoms with Crippen LogP contribution < -0.4 is 5.32 Å². The molecule has 6 heteroatoms. The van der Waals surface area contributed by atoms with E-state index in [0.29, 0.717) is 0 Å². The SMILES string of the molecule is O=C(CC(c1cccc([N+](=O)[O-])c1)c1c[nH]c2ccccc12)NC1CC1. The second kappa shape index (κ2) is 6.63. The van der Waals surface area contributed by atoms with Gasteiger partial charge >= 0.3 is 0 Å². The third kappa shape index (κ3) is 3.31. The second-order valence-corrected chi connectivity index (χ2v) is 6.74. The lowest BCUT2D eigenvalue weighted by Crippen LogP contribution is -2.27. The maximum atomic E-state index is 12.5. The molecule has 6 nitrogen and oxygen atoms in total. The Kier molecular flexibility index (Phi) is 4.16. The molecule has 0 saturated heterocycles. The zero-order chi connectivity index (χ0) is 18.1. The molecular weight excluding hydrogens is 330 g/mol. The lowest BCUT2D eigenvalue weighted by atomic mass is 9.87. The van der Waals surface area contributed by atoms with E-state index in [2.05, 4.69) is 10.3 Å². The summed E-state index contributed by atoms with van der Waals surface area (Å²) in [6.07, 6.45) is 4.22. The number of rotatable bonds is 6. The molecular formula is C20H19N3O3. The monoisotopic (exact) mass is 349 g/mol. The molecule has 0 radical (unpaired) electrons. The van der Waals surface area contributed by atoms with Gasteiger partial charge in [0.1, 0.15) is 0 Å². The number of benzene rings is 2. The fourth-order valence-corrected chi connectivity index (χ4v) is 3.34. The minimum Gasteiger partial charge on any atom is -0.361 e. The minimum atomic E-state index is -0.403. The number of hydrogen-bond donors (Lipinski definition) is 2. The summed E-state index contributed by atoms with van der Waals surface area (Å²) in [5.41, 5.74) is 2.78. The Morgan fingerprint density at radius 3 is 2.81 bits per heavy atom. The lowest BCUT2D eigenvalue weighted by Gasteiger charge is -2.17. The normalized spacial score (nSPS) is 14.9. The number of nitrogens with one attached hydrogen (secondary N) is 2. The van der Waals surface area contributed by atoms with E-state index in [1.54, 1.807) is 12.1 Å². The van der Waals surface area contributed by atoms with Crippen LogP contribution in [0.2, 0.25) is 0 Å². The quantitative estimate of drug-likeness (QED) is 0.523. The van der Waals surface area contributed by atoms with Crippen LogP contribution >= 0.6 is 0 Å². The van der Waals surface area contributed by atoms with Crippen molar-refractivity contribution >= 4 is 22.5 Å². The zero-order valence-corrected chi connectivity index (χ0v) is 14.1. The summed E-state index contributed by atoms with van der Waals surface area (Å²) in [6.45, 7) is 0. The van der Waals surface area contributed by atoms with Gasteiger partial charge in [-0.05, 0) is 30.0 Å². The van der Waals surface area contributed by atoms with Crippen molar-refractivity contribution in [2.75, 3.05) is 0 Å². The summed E-state index contributed by atoms with van der Waals surface area (Å²) in [7, 11) is 0. The molecule has 1 unspecified atom stereocenters. The Morgan fingerprint density at radius 1 is 1.23 bits per heavy atom.